The third-order valence-electron chi connectivity index (χ3n) is 1.46. The maximum Gasteiger partial charge on any atom is 0.334 e. The maximum absolute atomic E-state index is 10.2. The lowest BCUT2D eigenvalue weighted by Crippen LogP contribution is -2.40. The summed E-state index contributed by atoms with van der Waals surface area (Å²) in [6, 6.07) is -0.651. The Morgan fingerprint density at radius 1 is 1.67 bits per heavy atom. The van der Waals surface area contributed by atoms with E-state index in [4.69, 9.17) is 15.9 Å². The summed E-state index contributed by atoms with van der Waals surface area (Å²) in [5.74, 6) is 0.529. The summed E-state index contributed by atoms with van der Waals surface area (Å²) in [7, 11) is 0. The fourth-order valence-electron chi connectivity index (χ4n) is 0.705. The molecule has 72 valence electrons. The normalized spacial score (nSPS) is 15.6. The Balaban J connectivity index is 3.56. The van der Waals surface area contributed by atoms with Gasteiger partial charge >= 0.3 is 5.97 Å². The van der Waals surface area contributed by atoms with Gasteiger partial charge in [-0.25, -0.2) is 4.79 Å². The molecular formula is C7H15NO3S. The zero-order valence-corrected chi connectivity index (χ0v) is 7.88. The van der Waals surface area contributed by atoms with Crippen molar-refractivity contribution in [2.75, 3.05) is 11.5 Å². The first-order chi connectivity index (χ1) is 5.59. The second-order valence-electron chi connectivity index (χ2n) is 2.43. The monoisotopic (exact) mass is 193 g/mol. The quantitative estimate of drug-likeness (QED) is 0.513. The number of nitrogens with two attached hydrogens (primary N) is 1. The highest BCUT2D eigenvalue weighted by Crippen LogP contribution is 2.05. The molecule has 0 heterocycles. The molecule has 12 heavy (non-hydrogen) atoms. The zero-order chi connectivity index (χ0) is 9.56. The van der Waals surface area contributed by atoms with Gasteiger partial charge in [0.2, 0.25) is 0 Å². The molecule has 2 unspecified atom stereocenters. The molecule has 0 fully saturated rings. The molecule has 0 amide bonds. The predicted octanol–water partition coefficient (Wildman–Crippen LogP) is -0.0976. The lowest BCUT2D eigenvalue weighted by molar-refractivity contribution is -0.147. The van der Waals surface area contributed by atoms with Crippen LogP contribution < -0.4 is 5.73 Å². The second-order valence-corrected chi connectivity index (χ2v) is 3.83. The highest BCUT2D eigenvalue weighted by molar-refractivity contribution is 7.99. The van der Waals surface area contributed by atoms with Crippen molar-refractivity contribution in [2.24, 2.45) is 5.73 Å². The summed E-state index contributed by atoms with van der Waals surface area (Å²) in [5, 5.41) is 17.3. The Morgan fingerprint density at radius 2 is 2.25 bits per heavy atom. The van der Waals surface area contributed by atoms with Gasteiger partial charge in [0.15, 0.2) is 6.10 Å². The van der Waals surface area contributed by atoms with Gasteiger partial charge in [-0.15, -0.1) is 0 Å². The van der Waals surface area contributed by atoms with E-state index in [2.05, 4.69) is 0 Å². The summed E-state index contributed by atoms with van der Waals surface area (Å²) in [5.41, 5.74) is 5.41. The molecule has 0 aliphatic rings. The number of aliphatic carboxylic acids is 1. The van der Waals surface area contributed by atoms with Gasteiger partial charge in [0.05, 0.1) is 0 Å². The van der Waals surface area contributed by atoms with E-state index in [1.54, 1.807) is 11.8 Å². The lowest BCUT2D eigenvalue weighted by atomic mass is 10.1. The SMILES string of the molecule is CCSCCC(N)C(O)C(=O)O. The van der Waals surface area contributed by atoms with Crippen molar-refractivity contribution >= 4 is 17.7 Å². The van der Waals surface area contributed by atoms with Crippen molar-refractivity contribution in [2.45, 2.75) is 25.5 Å². The summed E-state index contributed by atoms with van der Waals surface area (Å²) in [6.45, 7) is 2.02. The summed E-state index contributed by atoms with van der Waals surface area (Å²) in [4.78, 5) is 10.2. The minimum Gasteiger partial charge on any atom is -0.479 e. The van der Waals surface area contributed by atoms with Crippen molar-refractivity contribution in [1.29, 1.82) is 0 Å². The van der Waals surface area contributed by atoms with E-state index in [0.29, 0.717) is 6.42 Å². The number of rotatable bonds is 6. The van der Waals surface area contributed by atoms with Crippen molar-refractivity contribution in [3.05, 3.63) is 0 Å². The van der Waals surface area contributed by atoms with Crippen LogP contribution >= 0.6 is 11.8 Å². The minimum atomic E-state index is -1.43. The lowest BCUT2D eigenvalue weighted by Gasteiger charge is -2.13. The van der Waals surface area contributed by atoms with E-state index in [1.165, 1.54) is 0 Å². The van der Waals surface area contributed by atoms with Gasteiger partial charge in [-0.1, -0.05) is 6.92 Å². The Bertz CT molecular complexity index is 143. The third-order valence-corrected chi connectivity index (χ3v) is 2.39. The molecule has 0 aliphatic carbocycles. The van der Waals surface area contributed by atoms with Gasteiger partial charge in [-0.3, -0.25) is 0 Å². The predicted molar refractivity (Wildman–Crippen MR) is 49.2 cm³/mol. The number of carbonyl (C=O) groups is 1. The van der Waals surface area contributed by atoms with Crippen LogP contribution in [0.1, 0.15) is 13.3 Å². The fraction of sp³-hybridized carbons (Fsp3) is 0.857. The van der Waals surface area contributed by atoms with Crippen LogP contribution in [0.3, 0.4) is 0 Å². The van der Waals surface area contributed by atoms with Gasteiger partial charge in [0.25, 0.3) is 0 Å². The van der Waals surface area contributed by atoms with Gasteiger partial charge in [-0.05, 0) is 17.9 Å². The molecule has 0 aromatic rings. The van der Waals surface area contributed by atoms with Crippen LogP contribution in [0, 0.1) is 0 Å². The van der Waals surface area contributed by atoms with Crippen LogP contribution in [0.5, 0.6) is 0 Å². The largest absolute Gasteiger partial charge is 0.479 e. The van der Waals surface area contributed by atoms with Crippen molar-refractivity contribution in [3.63, 3.8) is 0 Å². The first kappa shape index (κ1) is 11.7. The second kappa shape index (κ2) is 6.28. The van der Waals surface area contributed by atoms with Crippen molar-refractivity contribution in [1.82, 2.24) is 0 Å². The minimum absolute atomic E-state index is 0.534. The Kier molecular flexibility index (Phi) is 6.14. The summed E-state index contributed by atoms with van der Waals surface area (Å²) >= 11 is 1.68. The topological polar surface area (TPSA) is 83.5 Å². The standard InChI is InChI=1S/C7H15NO3S/c1-2-12-4-3-5(8)6(9)7(10)11/h5-6,9H,2-4,8H2,1H3,(H,10,11). The molecule has 4 nitrogen and oxygen atoms in total. The van der Waals surface area contributed by atoms with Crippen molar-refractivity contribution < 1.29 is 15.0 Å². The molecule has 0 spiro atoms. The number of thioether (sulfide) groups is 1. The molecule has 0 aliphatic heterocycles. The van der Waals surface area contributed by atoms with E-state index in [0.717, 1.165) is 11.5 Å². The van der Waals surface area contributed by atoms with E-state index in [9.17, 15) is 4.79 Å². The molecule has 0 bridgehead atoms. The molecule has 0 rings (SSSR count). The summed E-state index contributed by atoms with van der Waals surface area (Å²) < 4.78 is 0. The van der Waals surface area contributed by atoms with Crippen LogP contribution in [0.25, 0.3) is 0 Å². The van der Waals surface area contributed by atoms with E-state index >= 15 is 0 Å². The van der Waals surface area contributed by atoms with Gasteiger partial charge in [0.1, 0.15) is 0 Å². The first-order valence-electron chi connectivity index (χ1n) is 3.83. The van der Waals surface area contributed by atoms with Gasteiger partial charge in [-0.2, -0.15) is 11.8 Å². The number of aliphatic hydroxyl groups is 1. The first-order valence-corrected chi connectivity index (χ1v) is 4.99. The third kappa shape index (κ3) is 4.58. The molecule has 2 atom stereocenters. The number of hydrogen-bond acceptors (Lipinski definition) is 4. The Hall–Kier alpha value is -0.260. The molecule has 5 heteroatoms. The van der Waals surface area contributed by atoms with Crippen LogP contribution in [0.2, 0.25) is 0 Å². The average molecular weight is 193 g/mol. The molecule has 4 N–H and O–H groups in total. The zero-order valence-electron chi connectivity index (χ0n) is 7.06. The van der Waals surface area contributed by atoms with E-state index < -0.39 is 18.1 Å². The molecular weight excluding hydrogens is 178 g/mol. The van der Waals surface area contributed by atoms with E-state index in [1.807, 2.05) is 6.92 Å². The van der Waals surface area contributed by atoms with Crippen molar-refractivity contribution in [3.8, 4) is 0 Å². The highest BCUT2D eigenvalue weighted by atomic mass is 32.2. The van der Waals surface area contributed by atoms with Crippen LogP contribution in [-0.4, -0.2) is 39.8 Å². The summed E-state index contributed by atoms with van der Waals surface area (Å²) in [6.07, 6.45) is -0.895. The molecule has 0 saturated carbocycles. The average Bonchev–Trinajstić information content (AvgIpc) is 2.03. The Morgan fingerprint density at radius 3 is 2.67 bits per heavy atom. The highest BCUT2D eigenvalue weighted by Gasteiger charge is 2.21. The van der Waals surface area contributed by atoms with Crippen LogP contribution in [-0.2, 0) is 4.79 Å². The number of carboxylic acids is 1. The van der Waals surface area contributed by atoms with Gasteiger partial charge < -0.3 is 15.9 Å². The smallest absolute Gasteiger partial charge is 0.334 e. The van der Waals surface area contributed by atoms with Gasteiger partial charge in [0, 0.05) is 6.04 Å². The fourth-order valence-corrected chi connectivity index (χ4v) is 1.43. The number of aliphatic hydroxyl groups excluding tert-OH is 1. The molecule has 0 aromatic heterocycles. The maximum atomic E-state index is 10.2. The Labute approximate surface area is 76.1 Å². The van der Waals surface area contributed by atoms with Crippen LogP contribution in [0.4, 0.5) is 0 Å². The number of carboxylic acid groups (broad SMARTS) is 1. The molecule has 0 radical (unpaired) electrons. The molecule has 0 saturated heterocycles. The number of hydrogen-bond donors (Lipinski definition) is 3. The molecule has 0 aromatic carbocycles. The van der Waals surface area contributed by atoms with E-state index in [-0.39, 0.29) is 0 Å². The van der Waals surface area contributed by atoms with Crippen LogP contribution in [0.15, 0.2) is 0 Å².